The maximum atomic E-state index is 14.1. The topological polar surface area (TPSA) is 114 Å². The maximum absolute atomic E-state index is 14.1. The van der Waals surface area contributed by atoms with Crippen LogP contribution in [0.5, 0.6) is 0 Å². The summed E-state index contributed by atoms with van der Waals surface area (Å²) in [6.45, 7) is 1.46. The molecule has 1 aromatic heterocycles. The van der Waals surface area contributed by atoms with E-state index in [4.69, 9.17) is 21.9 Å². The summed E-state index contributed by atoms with van der Waals surface area (Å²) in [5, 5.41) is 7.63. The highest BCUT2D eigenvalue weighted by molar-refractivity contribution is 5.97. The van der Waals surface area contributed by atoms with Crippen molar-refractivity contribution in [2.24, 2.45) is 17.4 Å². The smallest absolute Gasteiger partial charge is 0.384 e. The minimum absolute atomic E-state index is 0.00319. The normalized spacial score (nSPS) is 13.2. The fourth-order valence-electron chi connectivity index (χ4n) is 5.82. The SMILES string of the molecule is N=C(N)c1ccc(CCc2nc3cc(C(=O)N(Cc4ccc(CN)cc4)Cc4cccc(C(F)(F)F)c4)ccc3n2CC2CC2)cc1. The summed E-state index contributed by atoms with van der Waals surface area (Å²) in [6, 6.07) is 25.8. The Hall–Kier alpha value is -4.96. The van der Waals surface area contributed by atoms with Gasteiger partial charge in [-0.15, -0.1) is 0 Å². The van der Waals surface area contributed by atoms with Crippen molar-refractivity contribution in [3.63, 3.8) is 0 Å². The Morgan fingerprint density at radius 2 is 1.51 bits per heavy atom. The molecule has 0 unspecified atom stereocenters. The molecule has 5 N–H and O–H groups in total. The first kappa shape index (κ1) is 32.0. The van der Waals surface area contributed by atoms with Crippen LogP contribution in [-0.4, -0.2) is 26.2 Å². The number of imidazole rings is 1. The number of nitrogens with one attached hydrogen (secondary N) is 1. The zero-order chi connectivity index (χ0) is 33.1. The number of rotatable bonds is 12. The van der Waals surface area contributed by atoms with Gasteiger partial charge in [-0.2, -0.15) is 13.2 Å². The first-order valence-electron chi connectivity index (χ1n) is 15.7. The number of aromatic nitrogens is 2. The summed E-state index contributed by atoms with van der Waals surface area (Å²) in [4.78, 5) is 20.6. The van der Waals surface area contributed by atoms with E-state index in [2.05, 4.69) is 4.57 Å². The summed E-state index contributed by atoms with van der Waals surface area (Å²) in [5.74, 6) is 1.28. The van der Waals surface area contributed by atoms with E-state index in [-0.39, 0.29) is 24.8 Å². The van der Waals surface area contributed by atoms with E-state index >= 15 is 0 Å². The molecule has 0 aliphatic heterocycles. The molecule has 5 aromatic rings. The Morgan fingerprint density at radius 3 is 2.17 bits per heavy atom. The van der Waals surface area contributed by atoms with E-state index in [1.54, 1.807) is 23.1 Å². The molecule has 1 heterocycles. The Balaban J connectivity index is 1.29. The molecular weight excluding hydrogens is 601 g/mol. The van der Waals surface area contributed by atoms with Gasteiger partial charge in [0.15, 0.2) is 0 Å². The van der Waals surface area contributed by atoms with Crippen LogP contribution in [0.25, 0.3) is 11.0 Å². The number of carbonyl (C=O) groups is 1. The summed E-state index contributed by atoms with van der Waals surface area (Å²) >= 11 is 0. The average Bonchev–Trinajstić information content (AvgIpc) is 3.83. The highest BCUT2D eigenvalue weighted by atomic mass is 19.4. The maximum Gasteiger partial charge on any atom is 0.416 e. The molecule has 1 fully saturated rings. The van der Waals surface area contributed by atoms with Crippen LogP contribution in [0, 0.1) is 11.3 Å². The number of nitrogens with two attached hydrogens (primary N) is 2. The Morgan fingerprint density at radius 1 is 0.851 bits per heavy atom. The predicted octanol–water partition coefficient (Wildman–Crippen LogP) is 6.84. The number of amidine groups is 1. The second kappa shape index (κ2) is 13.4. The lowest BCUT2D eigenvalue weighted by Crippen LogP contribution is -2.30. The summed E-state index contributed by atoms with van der Waals surface area (Å²) in [6.07, 6.45) is -0.670. The number of benzene rings is 4. The molecule has 242 valence electrons. The molecule has 6 rings (SSSR count). The second-order valence-corrected chi connectivity index (χ2v) is 12.3. The number of nitrogens with zero attached hydrogens (tertiary/aromatic N) is 3. The number of hydrogen-bond acceptors (Lipinski definition) is 4. The van der Waals surface area contributed by atoms with Gasteiger partial charge in [0, 0.05) is 43.7 Å². The van der Waals surface area contributed by atoms with Crippen LogP contribution in [0.15, 0.2) is 91.0 Å². The van der Waals surface area contributed by atoms with Crippen molar-refractivity contribution in [2.75, 3.05) is 0 Å². The van der Waals surface area contributed by atoms with E-state index in [9.17, 15) is 18.0 Å². The molecule has 1 aliphatic carbocycles. The van der Waals surface area contributed by atoms with Gasteiger partial charge in [-0.25, -0.2) is 4.98 Å². The van der Waals surface area contributed by atoms with Crippen molar-refractivity contribution in [1.29, 1.82) is 5.41 Å². The lowest BCUT2D eigenvalue weighted by atomic mass is 10.1. The Labute approximate surface area is 271 Å². The number of fused-ring (bicyclic) bond motifs is 1. The standard InChI is InChI=1S/C37H37F3N6O/c38-37(39,40)31-3-1-2-28(18-31)22-45(21-26-6-4-25(20-41)5-7-26)36(47)30-15-16-33-32(19-30)44-34(46(33)23-27-8-9-27)17-12-24-10-13-29(14-11-24)35(42)43/h1-7,10-11,13-16,18-19,27H,8-9,12,17,20-23,41H2,(H3,42,43). The molecule has 1 aliphatic rings. The molecule has 1 amide bonds. The first-order chi connectivity index (χ1) is 22.6. The lowest BCUT2D eigenvalue weighted by Gasteiger charge is -2.24. The Bertz CT molecular complexity index is 1890. The van der Waals surface area contributed by atoms with Crippen LogP contribution >= 0.6 is 0 Å². The quantitative estimate of drug-likeness (QED) is 0.103. The zero-order valence-electron chi connectivity index (χ0n) is 25.9. The third kappa shape index (κ3) is 7.72. The number of aryl methyl sites for hydroxylation is 2. The number of hydrogen-bond donors (Lipinski definition) is 3. The average molecular weight is 639 g/mol. The molecule has 0 spiro atoms. The highest BCUT2D eigenvalue weighted by Gasteiger charge is 2.31. The molecule has 7 nitrogen and oxygen atoms in total. The first-order valence-corrected chi connectivity index (χ1v) is 15.7. The molecule has 0 atom stereocenters. The highest BCUT2D eigenvalue weighted by Crippen LogP contribution is 2.33. The number of amides is 1. The molecule has 0 saturated heterocycles. The van der Waals surface area contributed by atoms with Crippen molar-refractivity contribution in [3.05, 3.63) is 136 Å². The fraction of sp³-hybridized carbons (Fsp3) is 0.270. The molecule has 0 radical (unpaired) electrons. The van der Waals surface area contributed by atoms with E-state index < -0.39 is 11.7 Å². The minimum atomic E-state index is -4.48. The predicted molar refractivity (Wildman–Crippen MR) is 177 cm³/mol. The van der Waals surface area contributed by atoms with Crippen molar-refractivity contribution < 1.29 is 18.0 Å². The number of alkyl halides is 3. The van der Waals surface area contributed by atoms with Crippen LogP contribution < -0.4 is 11.5 Å². The molecule has 1 saturated carbocycles. The monoisotopic (exact) mass is 638 g/mol. The van der Waals surface area contributed by atoms with Gasteiger partial charge in [0.2, 0.25) is 0 Å². The van der Waals surface area contributed by atoms with E-state index in [0.717, 1.165) is 53.1 Å². The van der Waals surface area contributed by atoms with Crippen LogP contribution in [0.4, 0.5) is 13.2 Å². The van der Waals surface area contributed by atoms with Gasteiger partial charge >= 0.3 is 6.18 Å². The van der Waals surface area contributed by atoms with Gasteiger partial charge in [-0.05, 0) is 77.8 Å². The minimum Gasteiger partial charge on any atom is -0.384 e. The van der Waals surface area contributed by atoms with E-state index in [0.29, 0.717) is 41.1 Å². The van der Waals surface area contributed by atoms with Crippen molar-refractivity contribution in [1.82, 2.24) is 14.5 Å². The molecule has 10 heteroatoms. The van der Waals surface area contributed by atoms with Crippen LogP contribution in [0.1, 0.15) is 62.4 Å². The molecule has 0 bridgehead atoms. The summed E-state index contributed by atoms with van der Waals surface area (Å²) < 4.78 is 42.7. The van der Waals surface area contributed by atoms with Gasteiger partial charge in [-0.3, -0.25) is 10.2 Å². The van der Waals surface area contributed by atoms with Crippen LogP contribution in [-0.2, 0) is 45.2 Å². The molecular formula is C37H37F3N6O. The largest absolute Gasteiger partial charge is 0.416 e. The van der Waals surface area contributed by atoms with Gasteiger partial charge in [-0.1, -0.05) is 60.7 Å². The number of carbonyl (C=O) groups excluding carboxylic acids is 1. The van der Waals surface area contributed by atoms with Gasteiger partial charge in [0.25, 0.3) is 5.91 Å². The number of nitrogen functional groups attached to an aromatic ring is 1. The van der Waals surface area contributed by atoms with E-state index in [1.165, 1.54) is 18.9 Å². The molecule has 47 heavy (non-hydrogen) atoms. The third-order valence-electron chi connectivity index (χ3n) is 8.66. The fourth-order valence-corrected chi connectivity index (χ4v) is 5.82. The second-order valence-electron chi connectivity index (χ2n) is 12.3. The van der Waals surface area contributed by atoms with Crippen LogP contribution in [0.2, 0.25) is 0 Å². The zero-order valence-corrected chi connectivity index (χ0v) is 25.9. The van der Waals surface area contributed by atoms with Gasteiger partial charge < -0.3 is 20.9 Å². The molecule has 4 aromatic carbocycles. The summed E-state index contributed by atoms with van der Waals surface area (Å²) in [7, 11) is 0. The van der Waals surface area contributed by atoms with Gasteiger partial charge in [0.05, 0.1) is 16.6 Å². The van der Waals surface area contributed by atoms with Crippen molar-refractivity contribution in [3.8, 4) is 0 Å². The lowest BCUT2D eigenvalue weighted by molar-refractivity contribution is -0.137. The van der Waals surface area contributed by atoms with Gasteiger partial charge in [0.1, 0.15) is 11.7 Å². The summed E-state index contributed by atoms with van der Waals surface area (Å²) in [5.41, 5.74) is 16.7. The van der Waals surface area contributed by atoms with Crippen molar-refractivity contribution in [2.45, 2.75) is 58.0 Å². The number of halogens is 3. The van der Waals surface area contributed by atoms with Crippen LogP contribution in [0.3, 0.4) is 0 Å². The van der Waals surface area contributed by atoms with E-state index in [1.807, 2.05) is 54.6 Å². The van der Waals surface area contributed by atoms with Crippen molar-refractivity contribution >= 4 is 22.8 Å². The third-order valence-corrected chi connectivity index (χ3v) is 8.66. The Kier molecular flexibility index (Phi) is 9.13.